The molecule has 0 fully saturated rings. The minimum Gasteiger partial charge on any atom is -0.483 e. The molecule has 0 spiro atoms. The van der Waals surface area contributed by atoms with Gasteiger partial charge in [0.2, 0.25) is 0 Å². The highest BCUT2D eigenvalue weighted by Crippen LogP contribution is 2.24. The molecular formula is C18H24N2O2. The van der Waals surface area contributed by atoms with E-state index in [0.717, 1.165) is 35.8 Å². The topological polar surface area (TPSA) is 64.3 Å². The number of nitrogens with two attached hydrogens (primary N) is 1. The van der Waals surface area contributed by atoms with Crippen molar-refractivity contribution in [3.63, 3.8) is 0 Å². The molecule has 0 aliphatic carbocycles. The van der Waals surface area contributed by atoms with E-state index in [-0.39, 0.29) is 18.6 Å². The van der Waals surface area contributed by atoms with E-state index in [2.05, 4.69) is 12.2 Å². The first kappa shape index (κ1) is 16.3. The molecule has 0 heterocycles. The van der Waals surface area contributed by atoms with E-state index in [1.807, 2.05) is 42.5 Å². The molecule has 1 amide bonds. The highest BCUT2D eigenvalue weighted by molar-refractivity contribution is 5.88. The Kier molecular flexibility index (Phi) is 6.22. The molecule has 1 unspecified atom stereocenters. The summed E-state index contributed by atoms with van der Waals surface area (Å²) in [6.45, 7) is 2.59. The lowest BCUT2D eigenvalue weighted by Crippen LogP contribution is -2.42. The number of amides is 1. The van der Waals surface area contributed by atoms with Gasteiger partial charge in [-0.05, 0) is 17.9 Å². The summed E-state index contributed by atoms with van der Waals surface area (Å²) in [5, 5.41) is 5.04. The number of fused-ring (bicyclic) bond motifs is 1. The minimum atomic E-state index is -0.125. The van der Waals surface area contributed by atoms with E-state index in [4.69, 9.17) is 10.5 Å². The van der Waals surface area contributed by atoms with Gasteiger partial charge in [-0.2, -0.15) is 0 Å². The fourth-order valence-corrected chi connectivity index (χ4v) is 2.43. The Bertz CT molecular complexity index is 608. The molecule has 0 saturated carbocycles. The van der Waals surface area contributed by atoms with E-state index >= 15 is 0 Å². The molecule has 0 bridgehead atoms. The molecule has 0 saturated heterocycles. The molecular weight excluding hydrogens is 276 g/mol. The van der Waals surface area contributed by atoms with Gasteiger partial charge in [0.25, 0.3) is 5.91 Å². The largest absolute Gasteiger partial charge is 0.483 e. The number of nitrogens with one attached hydrogen (secondary N) is 1. The number of carbonyl (C=O) groups excluding carboxylic acids is 1. The zero-order valence-corrected chi connectivity index (χ0v) is 13.0. The van der Waals surface area contributed by atoms with Gasteiger partial charge in [-0.1, -0.05) is 56.2 Å². The Morgan fingerprint density at radius 1 is 1.23 bits per heavy atom. The highest BCUT2D eigenvalue weighted by atomic mass is 16.5. The molecule has 2 rings (SSSR count). The first-order valence-electron chi connectivity index (χ1n) is 7.84. The van der Waals surface area contributed by atoms with Crippen LogP contribution < -0.4 is 15.8 Å². The monoisotopic (exact) mass is 300 g/mol. The fraction of sp³-hybridized carbons (Fsp3) is 0.389. The smallest absolute Gasteiger partial charge is 0.258 e. The summed E-state index contributed by atoms with van der Waals surface area (Å²) in [7, 11) is 0. The molecule has 2 aromatic carbocycles. The van der Waals surface area contributed by atoms with Gasteiger partial charge >= 0.3 is 0 Å². The van der Waals surface area contributed by atoms with Crippen molar-refractivity contribution < 1.29 is 9.53 Å². The lowest BCUT2D eigenvalue weighted by atomic mass is 10.1. The summed E-state index contributed by atoms with van der Waals surface area (Å²) in [6, 6.07) is 13.8. The van der Waals surface area contributed by atoms with E-state index in [1.54, 1.807) is 0 Å². The van der Waals surface area contributed by atoms with E-state index in [9.17, 15) is 4.79 Å². The molecule has 0 radical (unpaired) electrons. The molecule has 2 aromatic rings. The Labute approximate surface area is 131 Å². The highest BCUT2D eigenvalue weighted by Gasteiger charge is 2.11. The molecule has 0 aromatic heterocycles. The zero-order valence-electron chi connectivity index (χ0n) is 13.0. The Morgan fingerprint density at radius 2 is 2.00 bits per heavy atom. The van der Waals surface area contributed by atoms with Gasteiger partial charge in [-0.25, -0.2) is 0 Å². The Balaban J connectivity index is 1.92. The van der Waals surface area contributed by atoms with E-state index < -0.39 is 0 Å². The molecule has 4 nitrogen and oxygen atoms in total. The number of rotatable bonds is 8. The molecule has 118 valence electrons. The third kappa shape index (κ3) is 4.46. The number of ether oxygens (including phenoxy) is 1. The van der Waals surface area contributed by atoms with Crippen LogP contribution >= 0.6 is 0 Å². The molecule has 3 N–H and O–H groups in total. The van der Waals surface area contributed by atoms with Crippen molar-refractivity contribution in [2.75, 3.05) is 13.2 Å². The predicted molar refractivity (Wildman–Crippen MR) is 90.0 cm³/mol. The first-order valence-corrected chi connectivity index (χ1v) is 7.84. The second-order valence-electron chi connectivity index (χ2n) is 5.41. The summed E-state index contributed by atoms with van der Waals surface area (Å²) in [4.78, 5) is 12.0. The quantitative estimate of drug-likeness (QED) is 0.788. The van der Waals surface area contributed by atoms with E-state index in [1.165, 1.54) is 0 Å². The van der Waals surface area contributed by atoms with Crippen LogP contribution in [0.2, 0.25) is 0 Å². The van der Waals surface area contributed by atoms with Gasteiger partial charge in [0, 0.05) is 18.0 Å². The van der Waals surface area contributed by atoms with Gasteiger partial charge in [-0.3, -0.25) is 4.79 Å². The molecule has 0 aliphatic rings. The molecule has 1 atom stereocenters. The van der Waals surface area contributed by atoms with Crippen molar-refractivity contribution in [3.8, 4) is 5.75 Å². The average Bonchev–Trinajstić information content (AvgIpc) is 2.56. The number of carbonyl (C=O) groups is 1. The number of hydrogen-bond donors (Lipinski definition) is 2. The predicted octanol–water partition coefficient (Wildman–Crippen LogP) is 2.85. The van der Waals surface area contributed by atoms with Crippen molar-refractivity contribution in [3.05, 3.63) is 42.5 Å². The minimum absolute atomic E-state index is 0.0105. The van der Waals surface area contributed by atoms with Crippen molar-refractivity contribution in [1.29, 1.82) is 0 Å². The van der Waals surface area contributed by atoms with Crippen LogP contribution in [0.15, 0.2) is 42.5 Å². The molecule has 22 heavy (non-hydrogen) atoms. The molecule has 0 aliphatic heterocycles. The SMILES string of the molecule is CCCCC(CN)NC(=O)COc1cccc2ccccc12. The Morgan fingerprint density at radius 3 is 2.77 bits per heavy atom. The Hall–Kier alpha value is -2.07. The third-order valence-electron chi connectivity index (χ3n) is 3.66. The zero-order chi connectivity index (χ0) is 15.8. The second kappa shape index (κ2) is 8.39. The summed E-state index contributed by atoms with van der Waals surface area (Å²) in [5.74, 6) is 0.602. The maximum Gasteiger partial charge on any atom is 0.258 e. The van der Waals surface area contributed by atoms with Crippen LogP contribution in [0, 0.1) is 0 Å². The van der Waals surface area contributed by atoms with Crippen molar-refractivity contribution in [1.82, 2.24) is 5.32 Å². The van der Waals surface area contributed by atoms with Crippen LogP contribution in [0.4, 0.5) is 0 Å². The van der Waals surface area contributed by atoms with Gasteiger partial charge in [0.15, 0.2) is 6.61 Å². The van der Waals surface area contributed by atoms with Crippen molar-refractivity contribution in [2.24, 2.45) is 5.73 Å². The van der Waals surface area contributed by atoms with E-state index in [0.29, 0.717) is 6.54 Å². The summed E-state index contributed by atoms with van der Waals surface area (Å²) < 4.78 is 5.68. The maximum atomic E-state index is 12.0. The van der Waals surface area contributed by atoms with Crippen LogP contribution in [-0.2, 0) is 4.79 Å². The number of unbranched alkanes of at least 4 members (excludes halogenated alkanes) is 1. The number of benzene rings is 2. The van der Waals surface area contributed by atoms with Crippen LogP contribution in [0.5, 0.6) is 5.75 Å². The van der Waals surface area contributed by atoms with Crippen LogP contribution in [0.1, 0.15) is 26.2 Å². The lowest BCUT2D eigenvalue weighted by Gasteiger charge is -2.17. The number of hydrogen-bond acceptors (Lipinski definition) is 3. The van der Waals surface area contributed by atoms with Crippen LogP contribution in [-0.4, -0.2) is 25.1 Å². The van der Waals surface area contributed by atoms with Crippen LogP contribution in [0.25, 0.3) is 10.8 Å². The average molecular weight is 300 g/mol. The summed E-state index contributed by atoms with van der Waals surface area (Å²) in [5.41, 5.74) is 5.69. The third-order valence-corrected chi connectivity index (χ3v) is 3.66. The van der Waals surface area contributed by atoms with Crippen molar-refractivity contribution in [2.45, 2.75) is 32.2 Å². The fourth-order valence-electron chi connectivity index (χ4n) is 2.43. The van der Waals surface area contributed by atoms with Gasteiger partial charge in [0.1, 0.15) is 5.75 Å². The standard InChI is InChI=1S/C18H24N2O2/c1-2-3-9-15(12-19)20-18(21)13-22-17-11-6-8-14-7-4-5-10-16(14)17/h4-8,10-11,15H,2-3,9,12-13,19H2,1H3,(H,20,21). The first-order chi connectivity index (χ1) is 10.7. The van der Waals surface area contributed by atoms with Gasteiger partial charge in [0.05, 0.1) is 0 Å². The van der Waals surface area contributed by atoms with Gasteiger partial charge < -0.3 is 15.8 Å². The van der Waals surface area contributed by atoms with Crippen molar-refractivity contribution >= 4 is 16.7 Å². The lowest BCUT2D eigenvalue weighted by molar-refractivity contribution is -0.123. The molecule has 4 heteroatoms. The van der Waals surface area contributed by atoms with Gasteiger partial charge in [-0.15, -0.1) is 0 Å². The summed E-state index contributed by atoms with van der Waals surface area (Å²) in [6.07, 6.45) is 3.07. The van der Waals surface area contributed by atoms with Crippen LogP contribution in [0.3, 0.4) is 0 Å². The maximum absolute atomic E-state index is 12.0. The summed E-state index contributed by atoms with van der Waals surface area (Å²) >= 11 is 0. The second-order valence-corrected chi connectivity index (χ2v) is 5.41. The normalized spacial score (nSPS) is 12.1.